The molecule has 0 saturated carbocycles. The van der Waals surface area contributed by atoms with Gasteiger partial charge in [0.15, 0.2) is 9.84 Å². The van der Waals surface area contributed by atoms with Gasteiger partial charge in [-0.1, -0.05) is 39.0 Å². The molecule has 0 aromatic heterocycles. The molecule has 0 atom stereocenters. The number of amides is 1. The van der Waals surface area contributed by atoms with E-state index < -0.39 is 9.84 Å². The van der Waals surface area contributed by atoms with Crippen molar-refractivity contribution in [2.75, 3.05) is 19.4 Å². The third-order valence-electron chi connectivity index (χ3n) is 2.82. The lowest BCUT2D eigenvalue weighted by molar-refractivity contribution is -0.144. The summed E-state index contributed by atoms with van der Waals surface area (Å²) in [6.45, 7) is 7.81. The Morgan fingerprint density at radius 2 is 1.79 bits per heavy atom. The quantitative estimate of drug-likeness (QED) is 0.788. The fourth-order valence-electron chi connectivity index (χ4n) is 1.58. The highest BCUT2D eigenvalue weighted by molar-refractivity contribution is 7.90. The van der Waals surface area contributed by atoms with Crippen LogP contribution in [0.5, 0.6) is 0 Å². The van der Waals surface area contributed by atoms with Gasteiger partial charge < -0.3 is 10.1 Å². The van der Waals surface area contributed by atoms with Crippen molar-refractivity contribution in [3.8, 4) is 0 Å². The number of sulfone groups is 1. The van der Waals surface area contributed by atoms with E-state index in [2.05, 4.69) is 5.32 Å². The van der Waals surface area contributed by atoms with Gasteiger partial charge in [0.2, 0.25) is 5.91 Å². The minimum absolute atomic E-state index is 0.0284. The number of esters is 1. The first kappa shape index (κ1) is 22.1. The molecule has 0 fully saturated rings. The minimum Gasteiger partial charge on any atom is -0.464 e. The molecule has 0 aliphatic rings. The van der Waals surface area contributed by atoms with Gasteiger partial charge in [0, 0.05) is 12.7 Å². The van der Waals surface area contributed by atoms with Crippen LogP contribution in [0.2, 0.25) is 0 Å². The van der Waals surface area contributed by atoms with Gasteiger partial charge >= 0.3 is 5.97 Å². The Balaban J connectivity index is 0.000000446. The molecule has 24 heavy (non-hydrogen) atoms. The zero-order valence-corrected chi connectivity index (χ0v) is 15.8. The van der Waals surface area contributed by atoms with Crippen LogP contribution in [0.25, 0.3) is 0 Å². The summed E-state index contributed by atoms with van der Waals surface area (Å²) in [5.41, 5.74) is 0.801. The minimum atomic E-state index is -3.03. The van der Waals surface area contributed by atoms with Crippen molar-refractivity contribution in [3.63, 3.8) is 0 Å². The SMILES string of the molecule is CCC(=O)NCC(=O)OCC(C)C.Cc1ccccc1S(C)(=O)=O. The molecule has 136 valence electrons. The van der Waals surface area contributed by atoms with Crippen LogP contribution in [0.15, 0.2) is 29.2 Å². The first-order valence-electron chi connectivity index (χ1n) is 7.75. The fraction of sp³-hybridized carbons (Fsp3) is 0.529. The highest BCUT2D eigenvalue weighted by Gasteiger charge is 2.08. The summed E-state index contributed by atoms with van der Waals surface area (Å²) in [7, 11) is -3.03. The van der Waals surface area contributed by atoms with E-state index in [1.807, 2.05) is 19.9 Å². The molecule has 1 aromatic carbocycles. The Kier molecular flexibility index (Phi) is 9.95. The van der Waals surface area contributed by atoms with Crippen molar-refractivity contribution < 1.29 is 22.7 Å². The van der Waals surface area contributed by atoms with E-state index in [1.165, 1.54) is 6.26 Å². The molecule has 0 heterocycles. The molecule has 1 rings (SSSR count). The molecule has 0 saturated heterocycles. The molecule has 0 unspecified atom stereocenters. The maximum Gasteiger partial charge on any atom is 0.325 e. The van der Waals surface area contributed by atoms with Gasteiger partial charge in [-0.15, -0.1) is 0 Å². The summed E-state index contributed by atoms with van der Waals surface area (Å²) in [5, 5.41) is 2.44. The van der Waals surface area contributed by atoms with Crippen molar-refractivity contribution in [1.29, 1.82) is 0 Å². The van der Waals surface area contributed by atoms with Gasteiger partial charge in [0.25, 0.3) is 0 Å². The number of nitrogens with one attached hydrogen (secondary N) is 1. The molecule has 1 aromatic rings. The highest BCUT2D eigenvalue weighted by atomic mass is 32.2. The van der Waals surface area contributed by atoms with Crippen LogP contribution in [0.4, 0.5) is 0 Å². The van der Waals surface area contributed by atoms with Gasteiger partial charge in [0.05, 0.1) is 11.5 Å². The molecule has 0 spiro atoms. The molecule has 0 aliphatic carbocycles. The molecule has 0 radical (unpaired) electrons. The standard InChI is InChI=1S/C9H17NO3.C8H10O2S/c1-4-8(11)10-5-9(12)13-6-7(2)3;1-7-5-3-4-6-8(7)11(2,9)10/h7H,4-6H2,1-3H3,(H,10,11);3-6H,1-2H3. The predicted octanol–water partition coefficient (Wildman–Crippen LogP) is 2.11. The average molecular weight is 357 g/mol. The first-order valence-corrected chi connectivity index (χ1v) is 9.65. The normalized spacial score (nSPS) is 10.6. The van der Waals surface area contributed by atoms with Crippen LogP contribution in [0, 0.1) is 12.8 Å². The number of rotatable bonds is 6. The van der Waals surface area contributed by atoms with Crippen LogP contribution in [0.1, 0.15) is 32.8 Å². The summed E-state index contributed by atoms with van der Waals surface area (Å²) in [5.74, 6) is -0.192. The number of hydrogen-bond acceptors (Lipinski definition) is 5. The second-order valence-electron chi connectivity index (χ2n) is 5.74. The maximum absolute atomic E-state index is 11.1. The average Bonchev–Trinajstić information content (AvgIpc) is 2.50. The number of benzene rings is 1. The van der Waals surface area contributed by atoms with E-state index in [9.17, 15) is 18.0 Å². The Morgan fingerprint density at radius 1 is 1.21 bits per heavy atom. The summed E-state index contributed by atoms with van der Waals surface area (Å²) >= 11 is 0. The fourth-order valence-corrected chi connectivity index (χ4v) is 2.56. The Hall–Kier alpha value is -1.89. The van der Waals surface area contributed by atoms with E-state index in [1.54, 1.807) is 32.0 Å². The van der Waals surface area contributed by atoms with Crippen LogP contribution in [-0.4, -0.2) is 39.7 Å². The summed E-state index contributed by atoms with van der Waals surface area (Å²) in [4.78, 5) is 22.1. The van der Waals surface area contributed by atoms with E-state index in [4.69, 9.17) is 4.74 Å². The number of hydrogen-bond donors (Lipinski definition) is 1. The second-order valence-corrected chi connectivity index (χ2v) is 7.73. The smallest absolute Gasteiger partial charge is 0.325 e. The molecule has 0 aliphatic heterocycles. The lowest BCUT2D eigenvalue weighted by Crippen LogP contribution is -2.30. The monoisotopic (exact) mass is 357 g/mol. The number of carbonyl (C=O) groups is 2. The first-order chi connectivity index (χ1) is 11.1. The van der Waals surface area contributed by atoms with E-state index in [0.717, 1.165) is 5.56 Å². The summed E-state index contributed by atoms with van der Waals surface area (Å²) in [6, 6.07) is 6.95. The Bertz CT molecular complexity index is 638. The van der Waals surface area contributed by atoms with Crippen LogP contribution in [0.3, 0.4) is 0 Å². The second kappa shape index (κ2) is 10.8. The van der Waals surface area contributed by atoms with Crippen molar-refractivity contribution >= 4 is 21.7 Å². The molecular weight excluding hydrogens is 330 g/mol. The molecular formula is C17H27NO5S. The number of ether oxygens (including phenoxy) is 1. The van der Waals surface area contributed by atoms with Crippen LogP contribution in [-0.2, 0) is 24.2 Å². The van der Waals surface area contributed by atoms with E-state index >= 15 is 0 Å². The molecule has 1 amide bonds. The number of aryl methyl sites for hydroxylation is 1. The summed E-state index contributed by atoms with van der Waals surface area (Å²) < 4.78 is 27.0. The van der Waals surface area contributed by atoms with Gasteiger partial charge in [0.1, 0.15) is 6.54 Å². The zero-order chi connectivity index (χ0) is 18.8. The third kappa shape index (κ3) is 9.99. The maximum atomic E-state index is 11.1. The van der Waals surface area contributed by atoms with E-state index in [0.29, 0.717) is 23.8 Å². The van der Waals surface area contributed by atoms with E-state index in [-0.39, 0.29) is 18.4 Å². The third-order valence-corrected chi connectivity index (χ3v) is 4.08. The van der Waals surface area contributed by atoms with Gasteiger partial charge in [-0.25, -0.2) is 8.42 Å². The topological polar surface area (TPSA) is 89.5 Å². The van der Waals surface area contributed by atoms with Gasteiger partial charge in [-0.2, -0.15) is 0 Å². The Labute approximate surface area is 144 Å². The Morgan fingerprint density at radius 3 is 2.21 bits per heavy atom. The number of carbonyl (C=O) groups excluding carboxylic acids is 2. The predicted molar refractivity (Wildman–Crippen MR) is 93.4 cm³/mol. The van der Waals surface area contributed by atoms with Crippen molar-refractivity contribution in [1.82, 2.24) is 5.32 Å². The summed E-state index contributed by atoms with van der Waals surface area (Å²) in [6.07, 6.45) is 1.60. The van der Waals surface area contributed by atoms with Crippen molar-refractivity contribution in [2.24, 2.45) is 5.92 Å². The molecule has 1 N–H and O–H groups in total. The van der Waals surface area contributed by atoms with Gasteiger partial charge in [-0.05, 0) is 24.5 Å². The van der Waals surface area contributed by atoms with Crippen molar-refractivity contribution in [2.45, 2.75) is 39.0 Å². The van der Waals surface area contributed by atoms with Crippen LogP contribution < -0.4 is 5.32 Å². The lowest BCUT2D eigenvalue weighted by Gasteiger charge is -2.07. The largest absolute Gasteiger partial charge is 0.464 e. The van der Waals surface area contributed by atoms with Gasteiger partial charge in [-0.3, -0.25) is 9.59 Å². The zero-order valence-electron chi connectivity index (χ0n) is 15.0. The van der Waals surface area contributed by atoms with Crippen molar-refractivity contribution in [3.05, 3.63) is 29.8 Å². The molecule has 7 heteroatoms. The molecule has 6 nitrogen and oxygen atoms in total. The van der Waals surface area contributed by atoms with Crippen LogP contribution >= 0.6 is 0 Å². The lowest BCUT2D eigenvalue weighted by atomic mass is 10.2. The highest BCUT2D eigenvalue weighted by Crippen LogP contribution is 2.12. The molecule has 0 bridgehead atoms.